The lowest BCUT2D eigenvalue weighted by Crippen LogP contribution is -2.12. The number of hydrogen-bond donors (Lipinski definition) is 0. The second-order valence-corrected chi connectivity index (χ2v) is 7.21. The van der Waals surface area contributed by atoms with Gasteiger partial charge in [0.1, 0.15) is 11.9 Å². The third-order valence-electron chi connectivity index (χ3n) is 4.92. The van der Waals surface area contributed by atoms with Crippen molar-refractivity contribution in [2.75, 3.05) is 0 Å². The van der Waals surface area contributed by atoms with Gasteiger partial charge in [0.15, 0.2) is 0 Å². The van der Waals surface area contributed by atoms with Crippen molar-refractivity contribution < 1.29 is 32.2 Å². The van der Waals surface area contributed by atoms with E-state index in [1.54, 1.807) is 60.7 Å². The molecule has 1 aliphatic carbocycles. The quantitative estimate of drug-likeness (QED) is 0.341. The van der Waals surface area contributed by atoms with Crippen LogP contribution in [0.3, 0.4) is 0 Å². The van der Waals surface area contributed by atoms with Gasteiger partial charge in [-0.05, 0) is 71.8 Å². The summed E-state index contributed by atoms with van der Waals surface area (Å²) < 4.78 is 48.5. The molecule has 0 atom stereocenters. The van der Waals surface area contributed by atoms with E-state index in [0.29, 0.717) is 5.56 Å². The van der Waals surface area contributed by atoms with Crippen molar-refractivity contribution >= 4 is 11.9 Å². The van der Waals surface area contributed by atoms with Crippen LogP contribution in [-0.4, -0.2) is 18.0 Å². The van der Waals surface area contributed by atoms with Crippen molar-refractivity contribution in [3.63, 3.8) is 0 Å². The van der Waals surface area contributed by atoms with Crippen LogP contribution in [0, 0.1) is 0 Å². The van der Waals surface area contributed by atoms with E-state index < -0.39 is 23.7 Å². The van der Waals surface area contributed by atoms with Gasteiger partial charge in [0.25, 0.3) is 0 Å². The van der Waals surface area contributed by atoms with Gasteiger partial charge < -0.3 is 9.47 Å². The van der Waals surface area contributed by atoms with Gasteiger partial charge in [-0.15, -0.1) is 0 Å². The first-order valence-corrected chi connectivity index (χ1v) is 9.95. The normalized spacial score (nSPS) is 13.2. The van der Waals surface area contributed by atoms with E-state index in [9.17, 15) is 22.8 Å². The summed E-state index contributed by atoms with van der Waals surface area (Å²) >= 11 is 0. The van der Waals surface area contributed by atoms with E-state index in [4.69, 9.17) is 9.47 Å². The molecule has 0 unspecified atom stereocenters. The maximum absolute atomic E-state index is 12.6. The van der Waals surface area contributed by atoms with Crippen molar-refractivity contribution in [3.05, 3.63) is 114 Å². The molecule has 7 heteroatoms. The number of halogens is 3. The molecule has 0 fully saturated rings. The van der Waals surface area contributed by atoms with Crippen LogP contribution >= 0.6 is 0 Å². The summed E-state index contributed by atoms with van der Waals surface area (Å²) in [5.74, 6) is -0.930. The monoisotopic (exact) mass is 450 g/mol. The molecule has 33 heavy (non-hydrogen) atoms. The van der Waals surface area contributed by atoms with Crippen molar-refractivity contribution in [2.45, 2.75) is 12.3 Å². The molecule has 0 saturated heterocycles. The molecule has 3 aromatic rings. The second kappa shape index (κ2) is 9.16. The highest BCUT2D eigenvalue weighted by Crippen LogP contribution is 2.29. The van der Waals surface area contributed by atoms with Crippen LogP contribution in [0.5, 0.6) is 5.75 Å². The zero-order chi connectivity index (χ0) is 23.4. The van der Waals surface area contributed by atoms with Crippen LogP contribution in [0.1, 0.15) is 26.3 Å². The van der Waals surface area contributed by atoms with Gasteiger partial charge in [-0.25, -0.2) is 9.59 Å². The summed E-state index contributed by atoms with van der Waals surface area (Å²) in [5.41, 5.74) is 1.27. The Morgan fingerprint density at radius 1 is 0.667 bits per heavy atom. The lowest BCUT2D eigenvalue weighted by Gasteiger charge is -2.10. The molecular weight excluding hydrogens is 433 g/mol. The Kier molecular flexibility index (Phi) is 6.13. The number of esters is 2. The number of carbonyl (C=O) groups is 2. The van der Waals surface area contributed by atoms with Crippen LogP contribution < -0.4 is 4.74 Å². The third kappa shape index (κ3) is 5.38. The Labute approximate surface area is 187 Å². The minimum absolute atomic E-state index is 0.0122. The van der Waals surface area contributed by atoms with Gasteiger partial charge in [0.2, 0.25) is 0 Å². The molecule has 0 N–H and O–H groups in total. The number of benzene rings is 3. The summed E-state index contributed by atoms with van der Waals surface area (Å²) in [6.45, 7) is 0. The predicted molar refractivity (Wildman–Crippen MR) is 116 cm³/mol. The standard InChI is InChI=1S/C26H17F3O4/c27-26(28,29)21-13-9-20(10-14-21)25(31)33-23-15-11-18(12-16-23)17-5-7-19(8-6-17)24(30)32-22-3-1-2-4-22/h1-16,22H. The Morgan fingerprint density at radius 2 is 1.15 bits per heavy atom. The number of hydrogen-bond acceptors (Lipinski definition) is 4. The first kappa shape index (κ1) is 22.1. The molecule has 4 nitrogen and oxygen atoms in total. The van der Waals surface area contributed by atoms with Gasteiger partial charge in [-0.3, -0.25) is 0 Å². The summed E-state index contributed by atoms with van der Waals surface area (Å²) in [6.07, 6.45) is 2.35. The zero-order valence-electron chi connectivity index (χ0n) is 17.1. The fourth-order valence-corrected chi connectivity index (χ4v) is 3.16. The molecule has 0 aliphatic heterocycles. The van der Waals surface area contributed by atoms with Gasteiger partial charge in [0.05, 0.1) is 16.7 Å². The highest BCUT2D eigenvalue weighted by Gasteiger charge is 2.30. The number of rotatable bonds is 5. The van der Waals surface area contributed by atoms with Crippen LogP contribution in [0.25, 0.3) is 11.1 Å². The molecule has 0 saturated carbocycles. The minimum atomic E-state index is -4.47. The average Bonchev–Trinajstić information content (AvgIpc) is 3.32. The van der Waals surface area contributed by atoms with Crippen LogP contribution in [0.2, 0.25) is 0 Å². The predicted octanol–water partition coefficient (Wildman–Crippen LogP) is 6.24. The van der Waals surface area contributed by atoms with Gasteiger partial charge in [0, 0.05) is 0 Å². The first-order valence-electron chi connectivity index (χ1n) is 9.95. The van der Waals surface area contributed by atoms with Crippen molar-refractivity contribution in [1.29, 1.82) is 0 Å². The summed E-state index contributed by atoms with van der Waals surface area (Å²) in [7, 11) is 0. The molecule has 3 aromatic carbocycles. The fourth-order valence-electron chi connectivity index (χ4n) is 3.16. The highest BCUT2D eigenvalue weighted by atomic mass is 19.4. The number of alkyl halides is 3. The lowest BCUT2D eigenvalue weighted by atomic mass is 10.0. The summed E-state index contributed by atoms with van der Waals surface area (Å²) in [6, 6.07) is 17.3. The van der Waals surface area contributed by atoms with E-state index in [-0.39, 0.29) is 17.4 Å². The molecule has 0 spiro atoms. The largest absolute Gasteiger partial charge is 0.450 e. The Hall–Kier alpha value is -4.13. The smallest absolute Gasteiger partial charge is 0.416 e. The maximum atomic E-state index is 12.6. The molecule has 0 amide bonds. The molecule has 1 aliphatic rings. The van der Waals surface area contributed by atoms with Crippen molar-refractivity contribution in [1.82, 2.24) is 0 Å². The maximum Gasteiger partial charge on any atom is 0.416 e. The summed E-state index contributed by atoms with van der Waals surface area (Å²) in [5, 5.41) is 0. The van der Waals surface area contributed by atoms with Gasteiger partial charge in [-0.1, -0.05) is 36.4 Å². The van der Waals surface area contributed by atoms with E-state index in [1.807, 2.05) is 12.2 Å². The Balaban J connectivity index is 1.38. The van der Waals surface area contributed by atoms with Crippen LogP contribution in [0.15, 0.2) is 97.1 Å². The average molecular weight is 450 g/mol. The van der Waals surface area contributed by atoms with Crippen molar-refractivity contribution in [2.24, 2.45) is 0 Å². The molecular formula is C26H17F3O4. The third-order valence-corrected chi connectivity index (χ3v) is 4.92. The number of carbonyl (C=O) groups excluding carboxylic acids is 2. The van der Waals surface area contributed by atoms with E-state index in [2.05, 4.69) is 0 Å². The zero-order valence-corrected chi connectivity index (χ0v) is 17.1. The topological polar surface area (TPSA) is 52.6 Å². The molecule has 0 radical (unpaired) electrons. The molecule has 166 valence electrons. The minimum Gasteiger partial charge on any atom is -0.450 e. The second-order valence-electron chi connectivity index (χ2n) is 7.21. The van der Waals surface area contributed by atoms with E-state index in [0.717, 1.165) is 35.4 Å². The van der Waals surface area contributed by atoms with Crippen LogP contribution in [-0.2, 0) is 10.9 Å². The highest BCUT2D eigenvalue weighted by molar-refractivity contribution is 5.91. The first-order chi connectivity index (χ1) is 15.8. The van der Waals surface area contributed by atoms with Gasteiger partial charge >= 0.3 is 18.1 Å². The molecule has 4 rings (SSSR count). The van der Waals surface area contributed by atoms with E-state index in [1.165, 1.54) is 0 Å². The van der Waals surface area contributed by atoms with Gasteiger partial charge in [-0.2, -0.15) is 13.2 Å². The van der Waals surface area contributed by atoms with Crippen molar-refractivity contribution in [3.8, 4) is 16.9 Å². The Morgan fingerprint density at radius 3 is 1.70 bits per heavy atom. The summed E-state index contributed by atoms with van der Waals surface area (Å²) in [4.78, 5) is 24.4. The SMILES string of the molecule is O=C(Oc1ccc(-c2ccc(C(=O)OC3C=CC=C3)cc2)cc1)c1ccc(C(F)(F)F)cc1. The Bertz CT molecular complexity index is 1190. The molecule has 0 aromatic heterocycles. The number of ether oxygens (including phenoxy) is 2. The fraction of sp³-hybridized carbons (Fsp3) is 0.0769. The van der Waals surface area contributed by atoms with Crippen LogP contribution in [0.4, 0.5) is 13.2 Å². The molecule has 0 heterocycles. The van der Waals surface area contributed by atoms with E-state index >= 15 is 0 Å². The lowest BCUT2D eigenvalue weighted by molar-refractivity contribution is -0.137. The molecule has 0 bridgehead atoms. The number of allylic oxidation sites excluding steroid dienone is 2.